The first kappa shape index (κ1) is 10.9. The summed E-state index contributed by atoms with van der Waals surface area (Å²) in [6, 6.07) is 8.62. The van der Waals surface area contributed by atoms with E-state index in [0.29, 0.717) is 0 Å². The molecule has 15 heavy (non-hydrogen) atoms. The Kier molecular flexibility index (Phi) is 2.71. The monoisotopic (exact) mass is 279 g/mol. The number of nitriles is 1. The van der Waals surface area contributed by atoms with E-state index in [-0.39, 0.29) is 5.41 Å². The van der Waals surface area contributed by atoms with Gasteiger partial charge in [0.25, 0.3) is 0 Å². The Morgan fingerprint density at radius 2 is 2.13 bits per heavy atom. The normalized spacial score (nSPS) is 16.9. The Morgan fingerprint density at radius 3 is 2.60 bits per heavy atom. The number of hydrogen-bond donors (Lipinski definition) is 0. The summed E-state index contributed by atoms with van der Waals surface area (Å²) < 4.78 is 1.04. The molecular weight excluding hydrogens is 269 g/mol. The molecule has 1 aliphatic rings. The first-order valence-corrected chi connectivity index (χ1v) is 6.14. The number of hydrogen-bond acceptors (Lipinski definition) is 1. The smallest absolute Gasteiger partial charge is 0.0824 e. The molecule has 0 N–H and O–H groups in total. The second-order valence-electron chi connectivity index (χ2n) is 4.05. The highest BCUT2D eigenvalue weighted by Crippen LogP contribution is 2.48. The SMILES string of the molecule is CC(=P)c1cc(Br)cc(C2(C#N)CC2)c1. The molecule has 1 aromatic rings. The van der Waals surface area contributed by atoms with Gasteiger partial charge in [0.05, 0.1) is 11.5 Å². The summed E-state index contributed by atoms with van der Waals surface area (Å²) in [7, 11) is 3.52. The number of benzene rings is 1. The van der Waals surface area contributed by atoms with Crippen molar-refractivity contribution < 1.29 is 0 Å². The topological polar surface area (TPSA) is 23.8 Å². The van der Waals surface area contributed by atoms with Crippen LogP contribution in [-0.2, 0) is 5.41 Å². The van der Waals surface area contributed by atoms with E-state index in [0.717, 1.165) is 33.7 Å². The molecule has 1 aliphatic carbocycles. The summed E-state index contributed by atoms with van der Waals surface area (Å²) in [6.45, 7) is 2.01. The van der Waals surface area contributed by atoms with Gasteiger partial charge in [-0.05, 0) is 54.4 Å². The van der Waals surface area contributed by atoms with Crippen LogP contribution in [0.25, 0.3) is 0 Å². The van der Waals surface area contributed by atoms with Gasteiger partial charge >= 0.3 is 0 Å². The molecule has 0 aliphatic heterocycles. The van der Waals surface area contributed by atoms with E-state index in [1.54, 1.807) is 0 Å². The highest BCUT2D eigenvalue weighted by atomic mass is 79.9. The molecule has 1 saturated carbocycles. The maximum absolute atomic E-state index is 9.15. The fourth-order valence-corrected chi connectivity index (χ4v) is 2.31. The molecule has 1 aromatic carbocycles. The average molecular weight is 280 g/mol. The Bertz CT molecular complexity index is 469. The second-order valence-corrected chi connectivity index (χ2v) is 5.71. The molecule has 1 nitrogen and oxygen atoms in total. The van der Waals surface area contributed by atoms with Gasteiger partial charge in [0, 0.05) is 4.47 Å². The van der Waals surface area contributed by atoms with E-state index in [4.69, 9.17) is 5.26 Å². The van der Waals surface area contributed by atoms with Crippen molar-refractivity contribution in [2.45, 2.75) is 25.2 Å². The van der Waals surface area contributed by atoms with Gasteiger partial charge in [-0.15, -0.1) is 8.86 Å². The lowest BCUT2D eigenvalue weighted by Crippen LogP contribution is -2.04. The zero-order chi connectivity index (χ0) is 11.1. The first-order chi connectivity index (χ1) is 7.07. The molecule has 2 rings (SSSR count). The molecule has 0 spiro atoms. The molecule has 0 heterocycles. The van der Waals surface area contributed by atoms with Crippen LogP contribution in [0.4, 0.5) is 0 Å². The third-order valence-corrected chi connectivity index (χ3v) is 3.59. The van der Waals surface area contributed by atoms with Crippen molar-refractivity contribution in [2.24, 2.45) is 0 Å². The van der Waals surface area contributed by atoms with E-state index < -0.39 is 0 Å². The fraction of sp³-hybridized carbons (Fsp3) is 0.333. The van der Waals surface area contributed by atoms with Gasteiger partial charge in [-0.25, -0.2) is 0 Å². The number of halogens is 1. The maximum atomic E-state index is 9.15. The number of nitrogens with zero attached hydrogens (tertiary/aromatic N) is 1. The zero-order valence-corrected chi connectivity index (χ0v) is 11.1. The highest BCUT2D eigenvalue weighted by Gasteiger charge is 2.45. The number of rotatable bonds is 2. The predicted octanol–water partition coefficient (Wildman–Crippen LogP) is 3.69. The van der Waals surface area contributed by atoms with Crippen LogP contribution < -0.4 is 0 Å². The van der Waals surface area contributed by atoms with Gasteiger partial charge in [0.1, 0.15) is 0 Å². The minimum Gasteiger partial charge on any atom is -0.197 e. The van der Waals surface area contributed by atoms with Gasteiger partial charge in [0.2, 0.25) is 0 Å². The van der Waals surface area contributed by atoms with E-state index in [1.165, 1.54) is 0 Å². The molecule has 0 unspecified atom stereocenters. The van der Waals surface area contributed by atoms with Crippen LogP contribution >= 0.6 is 24.8 Å². The van der Waals surface area contributed by atoms with Crippen LogP contribution in [0, 0.1) is 11.3 Å². The summed E-state index contributed by atoms with van der Waals surface area (Å²) in [6.07, 6.45) is 1.97. The lowest BCUT2D eigenvalue weighted by Gasteiger charge is -2.09. The highest BCUT2D eigenvalue weighted by molar-refractivity contribution is 9.10. The molecular formula is C12H11BrNP. The van der Waals surface area contributed by atoms with Gasteiger partial charge in [0.15, 0.2) is 0 Å². The van der Waals surface area contributed by atoms with Crippen LogP contribution in [0.15, 0.2) is 22.7 Å². The van der Waals surface area contributed by atoms with Gasteiger partial charge in [-0.3, -0.25) is 0 Å². The van der Waals surface area contributed by atoms with Gasteiger partial charge < -0.3 is 0 Å². The lowest BCUT2D eigenvalue weighted by atomic mass is 9.95. The molecule has 0 amide bonds. The molecule has 1 fully saturated rings. The van der Waals surface area contributed by atoms with Crippen LogP contribution in [0.3, 0.4) is 0 Å². The Balaban J connectivity index is 2.50. The fourth-order valence-electron chi connectivity index (χ4n) is 1.67. The quantitative estimate of drug-likeness (QED) is 0.758. The van der Waals surface area contributed by atoms with Crippen molar-refractivity contribution in [3.05, 3.63) is 33.8 Å². The summed E-state index contributed by atoms with van der Waals surface area (Å²) in [4.78, 5) is 0. The minimum absolute atomic E-state index is 0.208. The first-order valence-electron chi connectivity index (χ1n) is 4.85. The van der Waals surface area contributed by atoms with Crippen LogP contribution in [0.5, 0.6) is 0 Å². The van der Waals surface area contributed by atoms with Crippen molar-refractivity contribution >= 4 is 30.1 Å². The molecule has 0 radical (unpaired) electrons. The van der Waals surface area contributed by atoms with Crippen molar-refractivity contribution in [3.8, 4) is 6.07 Å². The van der Waals surface area contributed by atoms with Crippen molar-refractivity contribution in [2.75, 3.05) is 0 Å². The Labute approximate surface area is 100 Å². The Morgan fingerprint density at radius 1 is 1.47 bits per heavy atom. The van der Waals surface area contributed by atoms with E-state index in [2.05, 4.69) is 49.1 Å². The standard InChI is InChI=1S/C12H11BrNP/c1-8(15)9-4-10(6-11(13)5-9)12(7-14)2-3-12/h4-6,15H,2-3H2,1H3. The minimum atomic E-state index is -0.208. The van der Waals surface area contributed by atoms with E-state index in [9.17, 15) is 0 Å². The van der Waals surface area contributed by atoms with Crippen molar-refractivity contribution in [1.29, 1.82) is 5.26 Å². The van der Waals surface area contributed by atoms with Gasteiger partial charge in [-0.2, -0.15) is 5.26 Å². The molecule has 3 heteroatoms. The third kappa shape index (κ3) is 2.00. The molecule has 0 bridgehead atoms. The van der Waals surface area contributed by atoms with Crippen LogP contribution in [-0.4, -0.2) is 5.29 Å². The molecule has 0 atom stereocenters. The summed E-state index contributed by atoms with van der Waals surface area (Å²) in [5, 5.41) is 10.2. The van der Waals surface area contributed by atoms with Crippen molar-refractivity contribution in [3.63, 3.8) is 0 Å². The largest absolute Gasteiger partial charge is 0.197 e. The van der Waals surface area contributed by atoms with Crippen molar-refractivity contribution in [1.82, 2.24) is 0 Å². The van der Waals surface area contributed by atoms with E-state index in [1.807, 2.05) is 6.92 Å². The van der Waals surface area contributed by atoms with Gasteiger partial charge in [-0.1, -0.05) is 15.9 Å². The zero-order valence-electron chi connectivity index (χ0n) is 8.47. The second kappa shape index (κ2) is 3.74. The third-order valence-electron chi connectivity index (χ3n) is 2.85. The maximum Gasteiger partial charge on any atom is 0.0824 e. The van der Waals surface area contributed by atoms with Crippen LogP contribution in [0.2, 0.25) is 0 Å². The molecule has 76 valence electrons. The predicted molar refractivity (Wildman–Crippen MR) is 68.8 cm³/mol. The molecule has 0 aromatic heterocycles. The average Bonchev–Trinajstić information content (AvgIpc) is 2.97. The van der Waals surface area contributed by atoms with E-state index >= 15 is 0 Å². The summed E-state index contributed by atoms with van der Waals surface area (Å²) in [5.41, 5.74) is 2.06. The Hall–Kier alpha value is -0.640. The summed E-state index contributed by atoms with van der Waals surface area (Å²) >= 11 is 3.49. The molecule has 0 saturated heterocycles. The summed E-state index contributed by atoms with van der Waals surface area (Å²) in [5.74, 6) is 0. The van der Waals surface area contributed by atoms with Crippen LogP contribution in [0.1, 0.15) is 30.9 Å². The lowest BCUT2D eigenvalue weighted by molar-refractivity contribution is 0.907.